The highest BCUT2D eigenvalue weighted by Crippen LogP contribution is 2.33. The first-order valence-electron chi connectivity index (χ1n) is 11.5. The molecule has 0 radical (unpaired) electrons. The van der Waals surface area contributed by atoms with Crippen molar-refractivity contribution in [2.24, 2.45) is 4.99 Å². The third-order valence-corrected chi connectivity index (χ3v) is 6.74. The molecule has 5 nitrogen and oxygen atoms in total. The number of methoxy groups -OCH3 is 1. The van der Waals surface area contributed by atoms with Crippen LogP contribution in [-0.2, 0) is 17.8 Å². The Bertz CT molecular complexity index is 1260. The van der Waals surface area contributed by atoms with Crippen molar-refractivity contribution in [3.63, 3.8) is 0 Å². The fraction of sp³-hybridized carbons (Fsp3) is 0.214. The molecule has 35 heavy (non-hydrogen) atoms. The molecule has 1 amide bonds. The van der Waals surface area contributed by atoms with Gasteiger partial charge in [-0.25, -0.2) is 4.99 Å². The van der Waals surface area contributed by atoms with Crippen LogP contribution in [0.2, 0.25) is 5.02 Å². The first-order chi connectivity index (χ1) is 17.1. The van der Waals surface area contributed by atoms with Crippen LogP contribution in [0.3, 0.4) is 0 Å². The molecule has 0 saturated carbocycles. The molecule has 1 saturated heterocycles. The van der Waals surface area contributed by atoms with Gasteiger partial charge in [-0.15, -0.1) is 0 Å². The smallest absolute Gasteiger partial charge is 0.264 e. The number of aryl methyl sites for hydroxylation is 1. The van der Waals surface area contributed by atoms with Crippen LogP contribution in [0.4, 0.5) is 5.69 Å². The molecule has 1 heterocycles. The van der Waals surface area contributed by atoms with Gasteiger partial charge in [0.1, 0.15) is 6.61 Å². The summed E-state index contributed by atoms with van der Waals surface area (Å²) in [6, 6.07) is 21.3. The van der Waals surface area contributed by atoms with Gasteiger partial charge in [0.25, 0.3) is 5.91 Å². The van der Waals surface area contributed by atoms with Crippen molar-refractivity contribution in [2.75, 3.05) is 7.11 Å². The van der Waals surface area contributed by atoms with Crippen LogP contribution >= 0.6 is 23.4 Å². The minimum atomic E-state index is -0.175. The Balaban J connectivity index is 1.44. The third kappa shape index (κ3) is 6.68. The number of amidine groups is 1. The van der Waals surface area contributed by atoms with E-state index in [-0.39, 0.29) is 5.91 Å². The van der Waals surface area contributed by atoms with Gasteiger partial charge in [0.15, 0.2) is 16.7 Å². The number of rotatable bonds is 9. The number of carbonyl (C=O) groups is 1. The highest BCUT2D eigenvalue weighted by Gasteiger charge is 2.24. The zero-order valence-corrected chi connectivity index (χ0v) is 21.3. The van der Waals surface area contributed by atoms with Gasteiger partial charge in [0, 0.05) is 10.6 Å². The summed E-state index contributed by atoms with van der Waals surface area (Å²) < 4.78 is 11.4. The van der Waals surface area contributed by atoms with Crippen LogP contribution in [0.25, 0.3) is 6.08 Å². The Morgan fingerprint density at radius 2 is 1.86 bits per heavy atom. The quantitative estimate of drug-likeness (QED) is 0.313. The normalized spacial score (nSPS) is 15.5. The monoisotopic (exact) mass is 506 g/mol. The molecule has 0 aliphatic carbocycles. The van der Waals surface area contributed by atoms with Crippen molar-refractivity contribution in [1.82, 2.24) is 5.32 Å². The second kappa shape index (κ2) is 12.0. The molecule has 0 spiro atoms. The van der Waals surface area contributed by atoms with Gasteiger partial charge in [-0.05, 0) is 72.1 Å². The lowest BCUT2D eigenvalue weighted by atomic mass is 10.1. The van der Waals surface area contributed by atoms with Crippen molar-refractivity contribution >= 4 is 46.2 Å². The van der Waals surface area contributed by atoms with Crippen LogP contribution in [0.15, 0.2) is 76.6 Å². The molecule has 4 rings (SSSR count). The van der Waals surface area contributed by atoms with Crippen LogP contribution in [0, 0.1) is 0 Å². The summed E-state index contributed by atoms with van der Waals surface area (Å²) in [6.45, 7) is 2.51. The van der Waals surface area contributed by atoms with Crippen LogP contribution in [0.1, 0.15) is 36.5 Å². The van der Waals surface area contributed by atoms with E-state index in [0.717, 1.165) is 23.2 Å². The van der Waals surface area contributed by atoms with E-state index in [1.165, 1.54) is 30.2 Å². The number of amides is 1. The first-order valence-corrected chi connectivity index (χ1v) is 12.7. The Hall–Kier alpha value is -3.22. The minimum Gasteiger partial charge on any atom is -0.493 e. The van der Waals surface area contributed by atoms with Crippen LogP contribution in [-0.4, -0.2) is 18.2 Å². The number of ether oxygens (including phenoxy) is 2. The third-order valence-electron chi connectivity index (χ3n) is 5.46. The average Bonchev–Trinajstić information content (AvgIpc) is 3.21. The molecule has 1 N–H and O–H groups in total. The number of nitrogens with zero attached hydrogens (tertiary/aromatic N) is 1. The number of hydrogen-bond donors (Lipinski definition) is 1. The summed E-state index contributed by atoms with van der Waals surface area (Å²) in [5.74, 6) is 1.00. The zero-order chi connectivity index (χ0) is 24.6. The van der Waals surface area contributed by atoms with Gasteiger partial charge in [-0.3, -0.25) is 4.79 Å². The van der Waals surface area contributed by atoms with Crippen molar-refractivity contribution in [3.8, 4) is 11.5 Å². The fourth-order valence-electron chi connectivity index (χ4n) is 3.53. The van der Waals surface area contributed by atoms with Crippen molar-refractivity contribution in [1.29, 1.82) is 0 Å². The van der Waals surface area contributed by atoms with E-state index in [2.05, 4.69) is 29.4 Å². The molecule has 0 unspecified atom stereocenters. The summed E-state index contributed by atoms with van der Waals surface area (Å²) in [5.41, 5.74) is 3.83. The lowest BCUT2D eigenvalue weighted by molar-refractivity contribution is -0.115. The molecular formula is C28H27ClN2O3S. The maximum atomic E-state index is 12.5. The molecule has 3 aromatic carbocycles. The van der Waals surface area contributed by atoms with E-state index in [4.69, 9.17) is 21.1 Å². The van der Waals surface area contributed by atoms with E-state index >= 15 is 0 Å². The lowest BCUT2D eigenvalue weighted by Crippen LogP contribution is -2.19. The van der Waals surface area contributed by atoms with Gasteiger partial charge in [0.2, 0.25) is 0 Å². The molecule has 0 aromatic heterocycles. The SMILES string of the molecule is CCCCc1ccc(N=C2NC(=O)/C(=C/c3ccc(OCc4ccccc4Cl)c(OC)c3)S2)cc1. The number of nitrogens with one attached hydrogen (secondary N) is 1. The minimum absolute atomic E-state index is 0.175. The predicted molar refractivity (Wildman–Crippen MR) is 145 cm³/mol. The molecule has 7 heteroatoms. The van der Waals surface area contributed by atoms with Crippen LogP contribution in [0.5, 0.6) is 11.5 Å². The largest absolute Gasteiger partial charge is 0.493 e. The Labute approximate surface area is 215 Å². The summed E-state index contributed by atoms with van der Waals surface area (Å²) in [4.78, 5) is 17.7. The first kappa shape index (κ1) is 24.9. The zero-order valence-electron chi connectivity index (χ0n) is 19.7. The standard InChI is InChI=1S/C28H27ClN2O3S/c1-3-4-7-19-10-13-22(14-11-19)30-28-31-27(32)26(35-28)17-20-12-15-24(25(16-20)33-2)34-18-21-8-5-6-9-23(21)29/h5-6,8-17H,3-4,7,18H2,1-2H3,(H,30,31,32)/b26-17-. The summed E-state index contributed by atoms with van der Waals surface area (Å²) >= 11 is 7.53. The second-order valence-electron chi connectivity index (χ2n) is 8.04. The highest BCUT2D eigenvalue weighted by molar-refractivity contribution is 8.18. The van der Waals surface area contributed by atoms with E-state index in [1.54, 1.807) is 7.11 Å². The summed E-state index contributed by atoms with van der Waals surface area (Å²) in [5, 5.41) is 4.06. The van der Waals surface area contributed by atoms with E-state index < -0.39 is 0 Å². The number of thioether (sulfide) groups is 1. The van der Waals surface area contributed by atoms with Crippen LogP contribution < -0.4 is 14.8 Å². The molecule has 1 aliphatic rings. The van der Waals surface area contributed by atoms with Gasteiger partial charge in [-0.1, -0.05) is 61.3 Å². The van der Waals surface area contributed by atoms with E-state index in [0.29, 0.717) is 33.2 Å². The van der Waals surface area contributed by atoms with Gasteiger partial charge < -0.3 is 14.8 Å². The van der Waals surface area contributed by atoms with Gasteiger partial charge >= 0.3 is 0 Å². The summed E-state index contributed by atoms with van der Waals surface area (Å²) in [6.07, 6.45) is 5.23. The molecular weight excluding hydrogens is 480 g/mol. The Morgan fingerprint density at radius 1 is 1.06 bits per heavy atom. The van der Waals surface area contributed by atoms with Gasteiger partial charge in [-0.2, -0.15) is 0 Å². The van der Waals surface area contributed by atoms with Gasteiger partial charge in [0.05, 0.1) is 17.7 Å². The molecule has 1 fully saturated rings. The lowest BCUT2D eigenvalue weighted by Gasteiger charge is -2.12. The fourth-order valence-corrected chi connectivity index (χ4v) is 4.56. The number of halogens is 1. The average molecular weight is 507 g/mol. The second-order valence-corrected chi connectivity index (χ2v) is 9.48. The number of hydrogen-bond acceptors (Lipinski definition) is 5. The number of aliphatic imine (C=N–C) groups is 1. The molecule has 3 aromatic rings. The Kier molecular flexibility index (Phi) is 8.50. The molecule has 0 bridgehead atoms. The van der Waals surface area contributed by atoms with E-state index in [1.807, 2.05) is 60.7 Å². The topological polar surface area (TPSA) is 59.9 Å². The van der Waals surface area contributed by atoms with Crippen molar-refractivity contribution < 1.29 is 14.3 Å². The molecule has 180 valence electrons. The number of benzene rings is 3. The maximum absolute atomic E-state index is 12.5. The highest BCUT2D eigenvalue weighted by atomic mass is 35.5. The van der Waals surface area contributed by atoms with E-state index in [9.17, 15) is 4.79 Å². The molecule has 1 aliphatic heterocycles. The Morgan fingerprint density at radius 3 is 2.60 bits per heavy atom. The number of unbranched alkanes of at least 4 members (excludes halogenated alkanes) is 1. The predicted octanol–water partition coefficient (Wildman–Crippen LogP) is 7.16. The van der Waals surface area contributed by atoms with Crippen molar-refractivity contribution in [2.45, 2.75) is 32.8 Å². The maximum Gasteiger partial charge on any atom is 0.264 e. The number of carbonyl (C=O) groups excluding carboxylic acids is 1. The molecule has 0 atom stereocenters. The summed E-state index contributed by atoms with van der Waals surface area (Å²) in [7, 11) is 1.59. The van der Waals surface area contributed by atoms with Crippen molar-refractivity contribution in [3.05, 3.63) is 93.3 Å².